The van der Waals surface area contributed by atoms with Gasteiger partial charge in [-0.1, -0.05) is 18.2 Å². The summed E-state index contributed by atoms with van der Waals surface area (Å²) in [5.74, 6) is 0. The number of aryl methyl sites for hydroxylation is 1. The Morgan fingerprint density at radius 1 is 1.28 bits per heavy atom. The summed E-state index contributed by atoms with van der Waals surface area (Å²) in [6.45, 7) is 1.93. The fraction of sp³-hybridized carbons (Fsp3) is 0.143. The Bertz CT molecular complexity index is 693. The molecular formula is C14H12N2OS. The maximum Gasteiger partial charge on any atom is 0.122 e. The van der Waals surface area contributed by atoms with Crippen LogP contribution in [0.2, 0.25) is 0 Å². The van der Waals surface area contributed by atoms with Gasteiger partial charge in [0.05, 0.1) is 16.2 Å². The van der Waals surface area contributed by atoms with Gasteiger partial charge in [0.15, 0.2) is 0 Å². The highest BCUT2D eigenvalue weighted by Gasteiger charge is 2.13. The Kier molecular flexibility index (Phi) is 2.81. The predicted molar refractivity (Wildman–Crippen MR) is 72.7 cm³/mol. The maximum absolute atomic E-state index is 10.3. The summed E-state index contributed by atoms with van der Waals surface area (Å²) in [5, 5.41) is 14.2. The number of nitrogens with zero attached hydrogens (tertiary/aromatic N) is 2. The molecule has 1 unspecified atom stereocenters. The molecule has 0 radical (unpaired) electrons. The Hall–Kier alpha value is -1.78. The molecule has 1 atom stereocenters. The number of thiazole rings is 1. The van der Waals surface area contributed by atoms with Crippen molar-refractivity contribution in [3.8, 4) is 0 Å². The summed E-state index contributed by atoms with van der Waals surface area (Å²) < 4.78 is 0. The van der Waals surface area contributed by atoms with Gasteiger partial charge < -0.3 is 5.11 Å². The van der Waals surface area contributed by atoms with Crippen LogP contribution in [0.1, 0.15) is 22.4 Å². The largest absolute Gasteiger partial charge is 0.382 e. The minimum Gasteiger partial charge on any atom is -0.382 e. The molecule has 3 nitrogen and oxygen atoms in total. The molecule has 0 bridgehead atoms. The number of fused-ring (bicyclic) bond motifs is 1. The van der Waals surface area contributed by atoms with Crippen molar-refractivity contribution in [2.24, 2.45) is 0 Å². The minimum absolute atomic E-state index is 0.679. The quantitative estimate of drug-likeness (QED) is 0.766. The van der Waals surface area contributed by atoms with E-state index in [0.29, 0.717) is 5.69 Å². The number of benzene rings is 1. The monoisotopic (exact) mass is 256 g/mol. The SMILES string of the molecule is Cc1nc(C(O)c2ccc3cccnc3c2)cs1. The van der Waals surface area contributed by atoms with E-state index in [1.165, 1.54) is 0 Å². The zero-order chi connectivity index (χ0) is 12.5. The number of hydrogen-bond donors (Lipinski definition) is 1. The van der Waals surface area contributed by atoms with E-state index in [4.69, 9.17) is 0 Å². The molecule has 0 fully saturated rings. The molecule has 0 spiro atoms. The van der Waals surface area contributed by atoms with Crippen molar-refractivity contribution in [1.82, 2.24) is 9.97 Å². The Morgan fingerprint density at radius 2 is 2.17 bits per heavy atom. The van der Waals surface area contributed by atoms with Crippen molar-refractivity contribution in [3.05, 3.63) is 58.2 Å². The smallest absolute Gasteiger partial charge is 0.122 e. The van der Waals surface area contributed by atoms with E-state index in [0.717, 1.165) is 21.5 Å². The van der Waals surface area contributed by atoms with Gasteiger partial charge in [0, 0.05) is 17.0 Å². The Labute approximate surface area is 109 Å². The summed E-state index contributed by atoms with van der Waals surface area (Å²) in [6.07, 6.45) is 1.08. The number of aliphatic hydroxyl groups is 1. The first kappa shape index (κ1) is 11.3. The van der Waals surface area contributed by atoms with E-state index in [2.05, 4.69) is 9.97 Å². The third kappa shape index (κ3) is 2.00. The number of aromatic nitrogens is 2. The molecule has 1 N–H and O–H groups in total. The highest BCUT2D eigenvalue weighted by Crippen LogP contribution is 2.25. The second-order valence-electron chi connectivity index (χ2n) is 4.15. The van der Waals surface area contributed by atoms with Gasteiger partial charge in [0.1, 0.15) is 6.10 Å². The molecule has 0 amide bonds. The average Bonchev–Trinajstić information content (AvgIpc) is 2.84. The topological polar surface area (TPSA) is 46.0 Å². The van der Waals surface area contributed by atoms with E-state index in [-0.39, 0.29) is 0 Å². The molecule has 3 rings (SSSR count). The van der Waals surface area contributed by atoms with Crippen molar-refractivity contribution in [1.29, 1.82) is 0 Å². The summed E-state index contributed by atoms with van der Waals surface area (Å²) in [5.41, 5.74) is 2.42. The van der Waals surface area contributed by atoms with Gasteiger partial charge in [0.2, 0.25) is 0 Å². The van der Waals surface area contributed by atoms with Gasteiger partial charge in [-0.2, -0.15) is 0 Å². The normalized spacial score (nSPS) is 12.8. The van der Waals surface area contributed by atoms with Crippen molar-refractivity contribution in [2.75, 3.05) is 0 Å². The molecular weight excluding hydrogens is 244 g/mol. The Morgan fingerprint density at radius 3 is 2.94 bits per heavy atom. The fourth-order valence-corrected chi connectivity index (χ4v) is 2.56. The maximum atomic E-state index is 10.3. The van der Waals surface area contributed by atoms with Crippen LogP contribution in [0.15, 0.2) is 41.9 Å². The lowest BCUT2D eigenvalue weighted by Gasteiger charge is -2.09. The van der Waals surface area contributed by atoms with Crippen LogP contribution >= 0.6 is 11.3 Å². The molecule has 90 valence electrons. The highest BCUT2D eigenvalue weighted by atomic mass is 32.1. The molecule has 0 saturated heterocycles. The molecule has 0 saturated carbocycles. The average molecular weight is 256 g/mol. The van der Waals surface area contributed by atoms with Gasteiger partial charge in [-0.05, 0) is 24.6 Å². The molecule has 3 aromatic rings. The van der Waals surface area contributed by atoms with Crippen LogP contribution in [0.3, 0.4) is 0 Å². The Balaban J connectivity index is 2.03. The van der Waals surface area contributed by atoms with E-state index in [9.17, 15) is 5.11 Å². The molecule has 4 heteroatoms. The highest BCUT2D eigenvalue weighted by molar-refractivity contribution is 7.09. The van der Waals surface area contributed by atoms with E-state index in [1.807, 2.05) is 42.6 Å². The van der Waals surface area contributed by atoms with Gasteiger partial charge >= 0.3 is 0 Å². The first-order valence-electron chi connectivity index (χ1n) is 5.69. The second kappa shape index (κ2) is 4.48. The molecule has 18 heavy (non-hydrogen) atoms. The van der Waals surface area contributed by atoms with E-state index >= 15 is 0 Å². The molecule has 0 aliphatic carbocycles. The zero-order valence-electron chi connectivity index (χ0n) is 9.87. The number of aliphatic hydroxyl groups excluding tert-OH is 1. The molecule has 2 aromatic heterocycles. The van der Waals surface area contributed by atoms with Crippen LogP contribution in [0.25, 0.3) is 10.9 Å². The molecule has 0 aliphatic rings. The summed E-state index contributed by atoms with van der Waals surface area (Å²) in [6, 6.07) is 9.71. The lowest BCUT2D eigenvalue weighted by Crippen LogP contribution is -2.00. The van der Waals surface area contributed by atoms with Crippen LogP contribution < -0.4 is 0 Å². The first-order chi connectivity index (χ1) is 8.74. The lowest BCUT2D eigenvalue weighted by molar-refractivity contribution is 0.216. The zero-order valence-corrected chi connectivity index (χ0v) is 10.7. The van der Waals surface area contributed by atoms with Gasteiger partial charge in [-0.25, -0.2) is 4.98 Å². The van der Waals surface area contributed by atoms with E-state index < -0.39 is 6.10 Å². The summed E-state index contributed by atoms with van der Waals surface area (Å²) in [4.78, 5) is 8.61. The van der Waals surface area contributed by atoms with Crippen LogP contribution in [0.4, 0.5) is 0 Å². The van der Waals surface area contributed by atoms with E-state index in [1.54, 1.807) is 17.5 Å². The molecule has 2 heterocycles. The van der Waals surface area contributed by atoms with Crippen LogP contribution in [0, 0.1) is 6.92 Å². The lowest BCUT2D eigenvalue weighted by atomic mass is 10.1. The van der Waals surface area contributed by atoms with Gasteiger partial charge in [-0.15, -0.1) is 11.3 Å². The molecule has 0 aliphatic heterocycles. The molecule has 1 aromatic carbocycles. The number of hydrogen-bond acceptors (Lipinski definition) is 4. The first-order valence-corrected chi connectivity index (χ1v) is 6.57. The van der Waals surface area contributed by atoms with Crippen LogP contribution in [-0.4, -0.2) is 15.1 Å². The second-order valence-corrected chi connectivity index (χ2v) is 5.21. The number of pyridine rings is 1. The standard InChI is InChI=1S/C14H12N2OS/c1-9-16-13(8-18-9)14(17)11-5-4-10-3-2-6-15-12(10)7-11/h2-8,14,17H,1H3. The third-order valence-corrected chi connectivity index (χ3v) is 3.65. The van der Waals surface area contributed by atoms with Crippen molar-refractivity contribution >= 4 is 22.2 Å². The fourth-order valence-electron chi connectivity index (χ4n) is 1.93. The minimum atomic E-state index is -0.679. The van der Waals surface area contributed by atoms with Crippen molar-refractivity contribution < 1.29 is 5.11 Å². The van der Waals surface area contributed by atoms with Gasteiger partial charge in [0.25, 0.3) is 0 Å². The third-order valence-electron chi connectivity index (χ3n) is 2.86. The number of rotatable bonds is 2. The van der Waals surface area contributed by atoms with Crippen molar-refractivity contribution in [2.45, 2.75) is 13.0 Å². The summed E-state index contributed by atoms with van der Waals surface area (Å²) >= 11 is 1.54. The predicted octanol–water partition coefficient (Wildman–Crippen LogP) is 3.08. The van der Waals surface area contributed by atoms with Crippen LogP contribution in [0.5, 0.6) is 0 Å². The van der Waals surface area contributed by atoms with Crippen LogP contribution in [-0.2, 0) is 0 Å². The van der Waals surface area contributed by atoms with Gasteiger partial charge in [-0.3, -0.25) is 4.98 Å². The summed E-state index contributed by atoms with van der Waals surface area (Å²) in [7, 11) is 0. The van der Waals surface area contributed by atoms with Crippen molar-refractivity contribution in [3.63, 3.8) is 0 Å².